The van der Waals surface area contributed by atoms with Gasteiger partial charge < -0.3 is 15.0 Å². The fourth-order valence-electron chi connectivity index (χ4n) is 3.81. The molecule has 0 saturated carbocycles. The van der Waals surface area contributed by atoms with Gasteiger partial charge in [-0.15, -0.1) is 10.2 Å². The lowest BCUT2D eigenvalue weighted by Crippen LogP contribution is -2.47. The minimum atomic E-state index is -0.0449. The van der Waals surface area contributed by atoms with Gasteiger partial charge in [0, 0.05) is 48.2 Å². The number of amides is 2. The average molecular weight is 431 g/mol. The summed E-state index contributed by atoms with van der Waals surface area (Å²) in [6.07, 6.45) is 3.37. The van der Waals surface area contributed by atoms with Crippen molar-refractivity contribution in [3.05, 3.63) is 72.1 Å². The quantitative estimate of drug-likeness (QED) is 0.644. The third kappa shape index (κ3) is 5.08. The number of nitrogens with zero attached hydrogens (tertiary/aromatic N) is 4. The number of methoxy groups -OCH3 is 1. The van der Waals surface area contributed by atoms with E-state index in [2.05, 4.69) is 20.5 Å². The molecule has 2 aromatic heterocycles. The summed E-state index contributed by atoms with van der Waals surface area (Å²) in [6, 6.07) is 16.5. The van der Waals surface area contributed by atoms with Crippen molar-refractivity contribution in [2.24, 2.45) is 0 Å². The summed E-state index contributed by atoms with van der Waals surface area (Å²) >= 11 is 0. The Hall–Kier alpha value is -3.81. The molecular formula is C24H25N5O3. The van der Waals surface area contributed by atoms with E-state index in [9.17, 15) is 9.59 Å². The number of pyridine rings is 1. The Morgan fingerprint density at radius 2 is 1.81 bits per heavy atom. The molecule has 0 atom stereocenters. The van der Waals surface area contributed by atoms with Gasteiger partial charge in [0.15, 0.2) is 0 Å². The van der Waals surface area contributed by atoms with Crippen molar-refractivity contribution >= 4 is 11.8 Å². The maximum atomic E-state index is 13.2. The van der Waals surface area contributed by atoms with Crippen LogP contribution in [0, 0.1) is 0 Å². The van der Waals surface area contributed by atoms with E-state index in [4.69, 9.17) is 4.74 Å². The Kier molecular flexibility index (Phi) is 6.69. The monoisotopic (exact) mass is 431 g/mol. The van der Waals surface area contributed by atoms with Crippen LogP contribution >= 0.6 is 0 Å². The Bertz CT molecular complexity index is 1060. The van der Waals surface area contributed by atoms with Crippen molar-refractivity contribution in [3.8, 4) is 17.1 Å². The van der Waals surface area contributed by atoms with Crippen LogP contribution in [0.5, 0.6) is 5.88 Å². The molecule has 2 amide bonds. The minimum Gasteiger partial charge on any atom is -0.480 e. The Balaban J connectivity index is 1.37. The number of benzene rings is 1. The summed E-state index contributed by atoms with van der Waals surface area (Å²) in [5, 5.41) is 11.3. The summed E-state index contributed by atoms with van der Waals surface area (Å²) in [5.41, 5.74) is 2.69. The molecule has 1 N–H and O–H groups in total. The first-order valence-corrected chi connectivity index (χ1v) is 10.6. The first-order chi connectivity index (χ1) is 15.6. The second-order valence-corrected chi connectivity index (χ2v) is 7.64. The minimum absolute atomic E-state index is 0.0445. The van der Waals surface area contributed by atoms with E-state index >= 15 is 0 Å². The predicted octanol–water partition coefficient (Wildman–Crippen LogP) is 2.51. The van der Waals surface area contributed by atoms with Crippen LogP contribution in [-0.4, -0.2) is 58.1 Å². The van der Waals surface area contributed by atoms with Gasteiger partial charge in [-0.25, -0.2) is 0 Å². The number of hydrogen-bond acceptors (Lipinski definition) is 6. The number of ether oxygens (including phenoxy) is 1. The molecular weight excluding hydrogens is 406 g/mol. The number of likely N-dealkylation sites (tertiary alicyclic amines) is 1. The molecule has 0 bridgehead atoms. The smallest absolute Gasteiger partial charge is 0.254 e. The van der Waals surface area contributed by atoms with Crippen molar-refractivity contribution in [1.82, 2.24) is 25.4 Å². The van der Waals surface area contributed by atoms with Crippen LogP contribution in [0.25, 0.3) is 11.3 Å². The maximum Gasteiger partial charge on any atom is 0.254 e. The van der Waals surface area contributed by atoms with Crippen LogP contribution in [0.2, 0.25) is 0 Å². The molecule has 1 aliphatic heterocycles. The lowest BCUT2D eigenvalue weighted by molar-refractivity contribution is -0.121. The number of piperidine rings is 1. The summed E-state index contributed by atoms with van der Waals surface area (Å²) in [6.45, 7) is 1.16. The summed E-state index contributed by atoms with van der Waals surface area (Å²) < 4.78 is 5.07. The van der Waals surface area contributed by atoms with E-state index < -0.39 is 0 Å². The number of hydrogen-bond donors (Lipinski definition) is 1. The Morgan fingerprint density at radius 1 is 1.03 bits per heavy atom. The number of aromatic nitrogens is 3. The highest BCUT2D eigenvalue weighted by molar-refractivity contribution is 6.00. The van der Waals surface area contributed by atoms with Crippen LogP contribution in [0.15, 0.2) is 60.8 Å². The largest absolute Gasteiger partial charge is 0.480 e. The third-order valence-electron chi connectivity index (χ3n) is 5.50. The zero-order valence-corrected chi connectivity index (χ0v) is 17.9. The zero-order chi connectivity index (χ0) is 22.3. The molecule has 4 rings (SSSR count). The van der Waals surface area contributed by atoms with Crippen LogP contribution in [0.1, 0.15) is 28.9 Å². The van der Waals surface area contributed by atoms with E-state index in [0.29, 0.717) is 43.1 Å². The van der Waals surface area contributed by atoms with Crippen molar-refractivity contribution in [2.75, 3.05) is 20.2 Å². The maximum absolute atomic E-state index is 13.2. The molecule has 0 radical (unpaired) electrons. The van der Waals surface area contributed by atoms with Crippen molar-refractivity contribution in [3.63, 3.8) is 0 Å². The molecule has 0 aliphatic carbocycles. The van der Waals surface area contributed by atoms with Gasteiger partial charge in [-0.05, 0) is 37.1 Å². The number of carbonyl (C=O) groups excluding carboxylic acids is 2. The number of nitrogens with one attached hydrogen (secondary N) is 1. The SMILES string of the molecule is COc1ccc(-c2ccccc2C(=O)N2CCC(NC(=O)Cc3ccccn3)CC2)nn1. The van der Waals surface area contributed by atoms with Crippen LogP contribution in [-0.2, 0) is 11.2 Å². The molecule has 1 saturated heterocycles. The molecule has 164 valence electrons. The molecule has 3 heterocycles. The third-order valence-corrected chi connectivity index (χ3v) is 5.50. The van der Waals surface area contributed by atoms with E-state index in [1.165, 1.54) is 7.11 Å². The van der Waals surface area contributed by atoms with Crippen LogP contribution < -0.4 is 10.1 Å². The van der Waals surface area contributed by atoms with Gasteiger partial charge in [-0.3, -0.25) is 14.6 Å². The van der Waals surface area contributed by atoms with E-state index in [-0.39, 0.29) is 24.3 Å². The van der Waals surface area contributed by atoms with Gasteiger partial charge in [0.1, 0.15) is 0 Å². The standard InChI is InChI=1S/C24H25N5O3/c1-32-23-10-9-21(27-28-23)19-7-2-3-8-20(19)24(31)29-14-11-17(12-15-29)26-22(30)16-18-6-4-5-13-25-18/h2-10,13,17H,11-12,14-16H2,1H3,(H,26,30). The second kappa shape index (κ2) is 10.00. The molecule has 8 heteroatoms. The van der Waals surface area contributed by atoms with E-state index in [1.54, 1.807) is 18.3 Å². The van der Waals surface area contributed by atoms with Gasteiger partial charge in [-0.1, -0.05) is 24.3 Å². The first kappa shape index (κ1) is 21.4. The lowest BCUT2D eigenvalue weighted by Gasteiger charge is -2.32. The number of rotatable bonds is 6. The first-order valence-electron chi connectivity index (χ1n) is 10.6. The van der Waals surface area contributed by atoms with Gasteiger partial charge in [0.25, 0.3) is 5.91 Å². The lowest BCUT2D eigenvalue weighted by atomic mass is 10.00. The molecule has 0 unspecified atom stereocenters. The van der Waals surface area contributed by atoms with Gasteiger partial charge in [0.2, 0.25) is 11.8 Å². The van der Waals surface area contributed by atoms with Crippen molar-refractivity contribution < 1.29 is 14.3 Å². The molecule has 0 spiro atoms. The molecule has 32 heavy (non-hydrogen) atoms. The van der Waals surface area contributed by atoms with Crippen LogP contribution in [0.4, 0.5) is 0 Å². The fourth-order valence-corrected chi connectivity index (χ4v) is 3.81. The van der Waals surface area contributed by atoms with Gasteiger partial charge >= 0.3 is 0 Å². The Morgan fingerprint density at radius 3 is 2.50 bits per heavy atom. The zero-order valence-electron chi connectivity index (χ0n) is 17.9. The van der Waals surface area contributed by atoms with E-state index in [1.807, 2.05) is 47.4 Å². The predicted molar refractivity (Wildman–Crippen MR) is 119 cm³/mol. The highest BCUT2D eigenvalue weighted by Gasteiger charge is 2.26. The molecule has 1 fully saturated rings. The van der Waals surface area contributed by atoms with Crippen LogP contribution in [0.3, 0.4) is 0 Å². The van der Waals surface area contributed by atoms with Crippen molar-refractivity contribution in [2.45, 2.75) is 25.3 Å². The average Bonchev–Trinajstić information content (AvgIpc) is 2.85. The molecule has 1 aromatic carbocycles. The van der Waals surface area contributed by atoms with Gasteiger partial charge in [0.05, 0.1) is 19.2 Å². The fraction of sp³-hybridized carbons (Fsp3) is 0.292. The molecule has 3 aromatic rings. The second-order valence-electron chi connectivity index (χ2n) is 7.64. The topological polar surface area (TPSA) is 97.3 Å². The summed E-state index contributed by atoms with van der Waals surface area (Å²) in [5.74, 6) is 0.332. The highest BCUT2D eigenvalue weighted by Crippen LogP contribution is 2.25. The molecule has 8 nitrogen and oxygen atoms in total. The molecule has 1 aliphatic rings. The van der Waals surface area contributed by atoms with Crippen molar-refractivity contribution in [1.29, 1.82) is 0 Å². The highest BCUT2D eigenvalue weighted by atomic mass is 16.5. The normalized spacial score (nSPS) is 14.1. The Labute approximate surface area is 186 Å². The summed E-state index contributed by atoms with van der Waals surface area (Å²) in [7, 11) is 1.53. The summed E-state index contributed by atoms with van der Waals surface area (Å²) in [4.78, 5) is 31.6. The number of carbonyl (C=O) groups is 2. The van der Waals surface area contributed by atoms with E-state index in [0.717, 1.165) is 11.3 Å². The van der Waals surface area contributed by atoms with Gasteiger partial charge in [-0.2, -0.15) is 0 Å².